The molecule has 0 saturated carbocycles. The van der Waals surface area contributed by atoms with Gasteiger partial charge in [-0.2, -0.15) is 18.9 Å². The van der Waals surface area contributed by atoms with Crippen molar-refractivity contribution >= 4 is 19.9 Å². The lowest BCUT2D eigenvalue weighted by atomic mass is 9.96. The molecule has 13 nitrogen and oxygen atoms in total. The first-order chi connectivity index (χ1) is 16.6. The maximum atomic E-state index is 12.3. The quantitative estimate of drug-likeness (QED) is 0.173. The first-order valence-corrected chi connectivity index (χ1v) is 13.3. The molecule has 2 fully saturated rings. The van der Waals surface area contributed by atoms with Gasteiger partial charge in [0, 0.05) is 12.8 Å². The van der Waals surface area contributed by atoms with E-state index in [1.165, 1.54) is 32.5 Å². The first-order valence-electron chi connectivity index (χ1n) is 11.8. The predicted octanol–water partition coefficient (Wildman–Crippen LogP) is 0.677. The Morgan fingerprint density at radius 1 is 1.40 bits per heavy atom. The van der Waals surface area contributed by atoms with Crippen LogP contribution in [-0.2, 0) is 28.1 Å². The third-order valence-corrected chi connectivity index (χ3v) is 7.54. The second-order valence-corrected chi connectivity index (χ2v) is 10.6. The topological polar surface area (TPSA) is 177 Å². The lowest BCUT2D eigenvalue weighted by Crippen LogP contribution is -2.51. The molecule has 1 unspecified atom stereocenters. The Labute approximate surface area is 204 Å². The van der Waals surface area contributed by atoms with Gasteiger partial charge in [-0.1, -0.05) is 26.2 Å². The number of hydrogen-bond acceptors (Lipinski definition) is 12. The third kappa shape index (κ3) is 6.95. The van der Waals surface area contributed by atoms with Crippen LogP contribution in [0.1, 0.15) is 52.7 Å². The molecule has 0 aliphatic carbocycles. The number of carbonyl (C=O) groups is 1. The smallest absolute Gasteiger partial charge is 0.462 e. The van der Waals surface area contributed by atoms with Crippen molar-refractivity contribution in [1.82, 2.24) is 14.6 Å². The van der Waals surface area contributed by atoms with E-state index in [2.05, 4.69) is 17.0 Å². The van der Waals surface area contributed by atoms with Gasteiger partial charge >= 0.3 is 19.8 Å². The molecule has 3 rings (SSSR count). The molecule has 0 spiro atoms. The van der Waals surface area contributed by atoms with Crippen LogP contribution in [0.25, 0.3) is 0 Å². The fourth-order valence-electron chi connectivity index (χ4n) is 3.93. The molecule has 1 aromatic rings. The number of nitrogens with two attached hydrogens (primary N) is 1. The lowest BCUT2D eigenvalue weighted by Gasteiger charge is -2.33. The zero-order valence-corrected chi connectivity index (χ0v) is 21.2. The number of unbranched alkanes of at least 4 members (excludes halogenated alkanes) is 3. The van der Waals surface area contributed by atoms with Crippen LogP contribution in [0.2, 0.25) is 0 Å². The van der Waals surface area contributed by atoms with Crippen LogP contribution in [0, 0.1) is 0 Å². The van der Waals surface area contributed by atoms with E-state index < -0.39 is 49.8 Å². The average molecular weight is 520 g/mol. The summed E-state index contributed by atoms with van der Waals surface area (Å²) in [7, 11) is -3.77. The maximum Gasteiger partial charge on any atom is 0.500 e. The molecular formula is C21H36N4O9P+. The van der Waals surface area contributed by atoms with Crippen molar-refractivity contribution in [2.24, 2.45) is 0 Å². The van der Waals surface area contributed by atoms with Crippen molar-refractivity contribution in [3.63, 3.8) is 0 Å². The summed E-state index contributed by atoms with van der Waals surface area (Å²) in [4.78, 5) is 39.1. The van der Waals surface area contributed by atoms with Crippen LogP contribution >= 0.6 is 8.09 Å². The summed E-state index contributed by atoms with van der Waals surface area (Å²) in [6.45, 7) is 5.88. The van der Waals surface area contributed by atoms with E-state index in [4.69, 9.17) is 29.0 Å². The molecule has 2 saturated heterocycles. The minimum atomic E-state index is -3.77. The standard InChI is InChI=1S/C21H35N4O9P/c1-4-5-6-7-10-30-11-12-31-18(26)14(2)24-35(29)32-13-15-17(34-35)21(3,28)19(33-15)25-9-8-16(22)23-20(25)27/h8-9,14-15,17,19,24,28-29H,4-7,10-13H2,1-3H3,(H-,22,23,27)/p+1/t14-,15+,17+,19+,21+,35?/m0/s1. The Kier molecular flexibility index (Phi) is 9.58. The molecule has 0 amide bonds. The number of aromatic nitrogens is 2. The minimum Gasteiger partial charge on any atom is -0.462 e. The molecule has 14 heteroatoms. The highest BCUT2D eigenvalue weighted by molar-refractivity contribution is 7.58. The van der Waals surface area contributed by atoms with Crippen molar-refractivity contribution < 1.29 is 38.1 Å². The fraction of sp³-hybridized carbons (Fsp3) is 0.762. The van der Waals surface area contributed by atoms with E-state index in [-0.39, 0.29) is 25.6 Å². The molecule has 35 heavy (non-hydrogen) atoms. The van der Waals surface area contributed by atoms with Gasteiger partial charge in [0.25, 0.3) is 0 Å². The van der Waals surface area contributed by atoms with Gasteiger partial charge in [0.15, 0.2) is 12.3 Å². The molecule has 198 valence electrons. The van der Waals surface area contributed by atoms with Crippen LogP contribution in [0.3, 0.4) is 0 Å². The van der Waals surface area contributed by atoms with Crippen molar-refractivity contribution in [2.45, 2.75) is 76.5 Å². The number of esters is 1. The van der Waals surface area contributed by atoms with E-state index in [0.717, 1.165) is 23.8 Å². The Morgan fingerprint density at radius 2 is 2.17 bits per heavy atom. The Bertz CT molecular complexity index is 917. The number of nitrogens with zero attached hydrogens (tertiary/aromatic N) is 2. The average Bonchev–Trinajstić information content (AvgIpc) is 3.05. The summed E-state index contributed by atoms with van der Waals surface area (Å²) in [6, 6.07) is 0.442. The van der Waals surface area contributed by atoms with Gasteiger partial charge in [0.2, 0.25) is 0 Å². The summed E-state index contributed by atoms with van der Waals surface area (Å²) in [5.41, 5.74) is 3.09. The van der Waals surface area contributed by atoms with Crippen molar-refractivity contribution in [1.29, 1.82) is 0 Å². The summed E-state index contributed by atoms with van der Waals surface area (Å²) in [5.74, 6) is -0.584. The van der Waals surface area contributed by atoms with Gasteiger partial charge < -0.3 is 25.1 Å². The van der Waals surface area contributed by atoms with Crippen LogP contribution in [-0.4, -0.2) is 75.8 Å². The van der Waals surface area contributed by atoms with Crippen LogP contribution in [0.5, 0.6) is 0 Å². The van der Waals surface area contributed by atoms with Crippen molar-refractivity contribution in [2.75, 3.05) is 32.2 Å². The van der Waals surface area contributed by atoms with Crippen LogP contribution < -0.4 is 16.5 Å². The molecule has 0 bridgehead atoms. The first kappa shape index (κ1) is 27.9. The van der Waals surface area contributed by atoms with Crippen LogP contribution in [0.15, 0.2) is 17.1 Å². The van der Waals surface area contributed by atoms with Gasteiger partial charge in [-0.15, -0.1) is 5.09 Å². The highest BCUT2D eigenvalue weighted by atomic mass is 31.2. The Hall–Kier alpha value is -1.70. The van der Waals surface area contributed by atoms with Crippen molar-refractivity contribution in [3.05, 3.63) is 22.7 Å². The zero-order valence-electron chi connectivity index (χ0n) is 20.3. The van der Waals surface area contributed by atoms with Gasteiger partial charge in [0.05, 0.1) is 6.61 Å². The van der Waals surface area contributed by atoms with E-state index >= 15 is 0 Å². The minimum absolute atomic E-state index is 0.0322. The van der Waals surface area contributed by atoms with Gasteiger partial charge in [-0.3, -0.25) is 9.36 Å². The molecule has 0 aromatic carbocycles. The Morgan fingerprint density at radius 3 is 2.89 bits per heavy atom. The molecular weight excluding hydrogens is 483 g/mol. The molecule has 2 aliphatic rings. The Balaban J connectivity index is 1.51. The van der Waals surface area contributed by atoms with E-state index in [0.29, 0.717) is 6.61 Å². The number of nitrogens with one attached hydrogen (secondary N) is 1. The number of nitrogen functional groups attached to an aromatic ring is 1. The molecule has 2 aliphatic heterocycles. The number of aliphatic hydroxyl groups is 1. The summed E-state index contributed by atoms with van der Waals surface area (Å²) in [5, 5.41) is 13.8. The van der Waals surface area contributed by atoms with E-state index in [9.17, 15) is 19.6 Å². The van der Waals surface area contributed by atoms with E-state index in [1.54, 1.807) is 0 Å². The van der Waals surface area contributed by atoms with E-state index in [1.807, 2.05) is 0 Å². The predicted molar refractivity (Wildman–Crippen MR) is 126 cm³/mol. The van der Waals surface area contributed by atoms with Crippen LogP contribution in [0.4, 0.5) is 5.82 Å². The molecule has 3 heterocycles. The summed E-state index contributed by atoms with van der Waals surface area (Å²) >= 11 is 0. The van der Waals surface area contributed by atoms with Gasteiger partial charge in [-0.25, -0.2) is 4.79 Å². The number of fused-ring (bicyclic) bond motifs is 1. The molecule has 6 atom stereocenters. The number of anilines is 1. The summed E-state index contributed by atoms with van der Waals surface area (Å²) in [6.07, 6.45) is 2.75. The molecule has 0 radical (unpaired) electrons. The lowest BCUT2D eigenvalue weighted by molar-refractivity contribution is -0.147. The highest BCUT2D eigenvalue weighted by Gasteiger charge is 2.65. The third-order valence-electron chi connectivity index (χ3n) is 5.82. The largest absolute Gasteiger partial charge is 0.500 e. The van der Waals surface area contributed by atoms with Crippen molar-refractivity contribution in [3.8, 4) is 0 Å². The number of hydrogen-bond donors (Lipinski definition) is 4. The highest BCUT2D eigenvalue weighted by Crippen LogP contribution is 2.61. The maximum absolute atomic E-state index is 12.3. The number of carbonyl (C=O) groups excluding carboxylic acids is 1. The molecule has 5 N–H and O–H groups in total. The number of ether oxygens (including phenoxy) is 3. The summed E-state index contributed by atoms with van der Waals surface area (Å²) < 4.78 is 28.7. The second kappa shape index (κ2) is 12.0. The normalized spacial score (nSPS) is 31.2. The second-order valence-electron chi connectivity index (χ2n) is 8.83. The number of rotatable bonds is 12. The van der Waals surface area contributed by atoms with Gasteiger partial charge in [-0.05, 0) is 26.3 Å². The monoisotopic (exact) mass is 519 g/mol. The molecule has 1 aromatic heterocycles. The zero-order chi connectivity index (χ0) is 25.6. The fourth-order valence-corrected chi connectivity index (χ4v) is 5.72. The SMILES string of the molecule is CCCCCCOCCOC(=O)[C@H](C)N[P+]1(O)OC[C@H]2O[C@@H](n3ccc(N)nc3=O)[C@](C)(O)[C@@H]2O1. The van der Waals surface area contributed by atoms with Gasteiger partial charge in [0.1, 0.15) is 36.8 Å².